The van der Waals surface area contributed by atoms with Gasteiger partial charge in [-0.25, -0.2) is 8.42 Å². The minimum Gasteiger partial charge on any atom is -0.320 e. The van der Waals surface area contributed by atoms with Gasteiger partial charge in [0.1, 0.15) is 0 Å². The summed E-state index contributed by atoms with van der Waals surface area (Å²) in [6.45, 7) is 2.87. The molecule has 1 aromatic heterocycles. The third-order valence-corrected chi connectivity index (χ3v) is 4.11. The molecule has 2 aromatic rings. The van der Waals surface area contributed by atoms with Gasteiger partial charge in [-0.2, -0.15) is 5.10 Å². The summed E-state index contributed by atoms with van der Waals surface area (Å²) < 4.78 is 28.6. The van der Waals surface area contributed by atoms with Crippen molar-refractivity contribution in [3.63, 3.8) is 0 Å². The van der Waals surface area contributed by atoms with Crippen LogP contribution in [0.2, 0.25) is 0 Å². The van der Waals surface area contributed by atoms with Crippen molar-refractivity contribution < 1.29 is 8.42 Å². The predicted molar refractivity (Wildman–Crippen MR) is 81.1 cm³/mol. The Kier molecular flexibility index (Phi) is 4.62. The molecule has 0 atom stereocenters. The first-order valence-corrected chi connectivity index (χ1v) is 7.87. The van der Waals surface area contributed by atoms with Gasteiger partial charge in [-0.05, 0) is 31.2 Å². The second kappa shape index (κ2) is 6.43. The maximum Gasteiger partial charge on any atom is 0.261 e. The summed E-state index contributed by atoms with van der Waals surface area (Å²) in [6.07, 6.45) is 3.11. The first-order chi connectivity index (χ1) is 10.0. The van der Waals surface area contributed by atoms with Gasteiger partial charge in [-0.15, -0.1) is 0 Å². The number of anilines is 1. The fraction of sp³-hybridized carbons (Fsp3) is 0.214. The summed E-state index contributed by atoms with van der Waals surface area (Å²) >= 11 is 0. The molecule has 0 fully saturated rings. The van der Waals surface area contributed by atoms with E-state index < -0.39 is 10.0 Å². The molecule has 110 valence electrons. The van der Waals surface area contributed by atoms with Crippen LogP contribution in [0.5, 0.6) is 0 Å². The lowest BCUT2D eigenvalue weighted by atomic mass is 10.2. The van der Waals surface area contributed by atoms with Crippen LogP contribution in [-0.4, -0.2) is 24.7 Å². The van der Waals surface area contributed by atoms with Gasteiger partial charge in [-0.3, -0.25) is 9.40 Å². The fourth-order valence-corrected chi connectivity index (χ4v) is 2.70. The Labute approximate surface area is 124 Å². The fourth-order valence-electron chi connectivity index (χ4n) is 1.67. The molecule has 0 saturated carbocycles. The van der Waals surface area contributed by atoms with Crippen LogP contribution in [0, 0.1) is 11.8 Å². The van der Waals surface area contributed by atoms with Crippen molar-refractivity contribution in [1.82, 2.24) is 9.78 Å². The van der Waals surface area contributed by atoms with Crippen LogP contribution in [0.1, 0.15) is 12.5 Å². The Balaban J connectivity index is 2.19. The van der Waals surface area contributed by atoms with Gasteiger partial charge in [0.05, 0.1) is 23.3 Å². The van der Waals surface area contributed by atoms with E-state index in [4.69, 9.17) is 5.73 Å². The molecule has 0 spiro atoms. The number of nitrogens with two attached hydrogens (primary N) is 1. The summed E-state index contributed by atoms with van der Waals surface area (Å²) in [4.78, 5) is 0.171. The maximum absolute atomic E-state index is 12.2. The molecule has 2 rings (SSSR count). The van der Waals surface area contributed by atoms with Crippen LogP contribution in [0.25, 0.3) is 0 Å². The number of aryl methyl sites for hydroxylation is 1. The van der Waals surface area contributed by atoms with Gasteiger partial charge in [0.15, 0.2) is 0 Å². The molecule has 1 heterocycles. The topological polar surface area (TPSA) is 90.0 Å². The number of aromatic nitrogens is 2. The van der Waals surface area contributed by atoms with Crippen molar-refractivity contribution in [2.45, 2.75) is 18.4 Å². The monoisotopic (exact) mass is 304 g/mol. The maximum atomic E-state index is 12.2. The SMILES string of the molecule is CCn1cc(NS(=O)(=O)c2ccc(C#CCN)cc2)cn1. The highest BCUT2D eigenvalue weighted by Crippen LogP contribution is 2.15. The Morgan fingerprint density at radius 3 is 2.62 bits per heavy atom. The molecule has 0 radical (unpaired) electrons. The smallest absolute Gasteiger partial charge is 0.261 e. The van der Waals surface area contributed by atoms with E-state index in [2.05, 4.69) is 21.7 Å². The number of hydrogen-bond acceptors (Lipinski definition) is 4. The van der Waals surface area contributed by atoms with Gasteiger partial charge in [-0.1, -0.05) is 11.8 Å². The normalized spacial score (nSPS) is 10.8. The average molecular weight is 304 g/mol. The number of sulfonamides is 1. The third kappa shape index (κ3) is 3.84. The van der Waals surface area contributed by atoms with Crippen LogP contribution < -0.4 is 10.5 Å². The Morgan fingerprint density at radius 2 is 2.05 bits per heavy atom. The van der Waals surface area contributed by atoms with Gasteiger partial charge in [0.2, 0.25) is 0 Å². The summed E-state index contributed by atoms with van der Waals surface area (Å²) in [6, 6.07) is 6.31. The largest absolute Gasteiger partial charge is 0.320 e. The molecule has 0 unspecified atom stereocenters. The number of nitrogens with one attached hydrogen (secondary N) is 1. The van der Waals surface area contributed by atoms with Crippen LogP contribution in [0.15, 0.2) is 41.6 Å². The second-order valence-electron chi connectivity index (χ2n) is 4.22. The van der Waals surface area contributed by atoms with E-state index in [1.54, 1.807) is 23.0 Å². The Bertz CT molecular complexity index is 767. The Hall–Kier alpha value is -2.30. The lowest BCUT2D eigenvalue weighted by Gasteiger charge is -2.05. The number of hydrogen-bond donors (Lipinski definition) is 2. The molecule has 0 aliphatic heterocycles. The molecule has 0 amide bonds. The molecular formula is C14H16N4O2S. The zero-order chi connectivity index (χ0) is 15.3. The summed E-state index contributed by atoms with van der Waals surface area (Å²) in [7, 11) is -3.62. The van der Waals surface area contributed by atoms with E-state index in [0.717, 1.165) is 5.56 Å². The number of nitrogens with zero attached hydrogens (tertiary/aromatic N) is 2. The van der Waals surface area contributed by atoms with Crippen LogP contribution >= 0.6 is 0 Å². The highest BCUT2D eigenvalue weighted by atomic mass is 32.2. The predicted octanol–water partition coefficient (Wildman–Crippen LogP) is 1.01. The quantitative estimate of drug-likeness (QED) is 0.825. The lowest BCUT2D eigenvalue weighted by molar-refractivity contribution is 0.601. The molecule has 0 saturated heterocycles. The third-order valence-electron chi connectivity index (χ3n) is 2.71. The molecule has 0 aliphatic carbocycles. The molecule has 0 aliphatic rings. The second-order valence-corrected chi connectivity index (χ2v) is 5.90. The van der Waals surface area contributed by atoms with E-state index in [1.165, 1.54) is 18.3 Å². The zero-order valence-corrected chi connectivity index (χ0v) is 12.4. The molecule has 3 N–H and O–H groups in total. The van der Waals surface area contributed by atoms with E-state index in [-0.39, 0.29) is 11.4 Å². The van der Waals surface area contributed by atoms with Gasteiger partial charge in [0, 0.05) is 18.3 Å². The molecule has 21 heavy (non-hydrogen) atoms. The van der Waals surface area contributed by atoms with E-state index >= 15 is 0 Å². The van der Waals surface area contributed by atoms with Crippen LogP contribution in [0.4, 0.5) is 5.69 Å². The Morgan fingerprint density at radius 1 is 1.33 bits per heavy atom. The highest BCUT2D eigenvalue weighted by Gasteiger charge is 2.14. The van der Waals surface area contributed by atoms with Crippen molar-refractivity contribution in [2.24, 2.45) is 5.73 Å². The van der Waals surface area contributed by atoms with Gasteiger partial charge < -0.3 is 5.73 Å². The molecule has 0 bridgehead atoms. The molecular weight excluding hydrogens is 288 g/mol. The van der Waals surface area contributed by atoms with Crippen LogP contribution in [-0.2, 0) is 16.6 Å². The van der Waals surface area contributed by atoms with Crippen molar-refractivity contribution in [3.8, 4) is 11.8 Å². The van der Waals surface area contributed by atoms with Crippen molar-refractivity contribution in [2.75, 3.05) is 11.3 Å². The minimum absolute atomic E-state index is 0.171. The number of rotatable bonds is 4. The first kappa shape index (κ1) is 15.1. The molecule has 7 heteroatoms. The summed E-state index contributed by atoms with van der Waals surface area (Å²) in [5.74, 6) is 5.55. The van der Waals surface area contributed by atoms with E-state index in [0.29, 0.717) is 12.2 Å². The van der Waals surface area contributed by atoms with E-state index in [9.17, 15) is 8.42 Å². The van der Waals surface area contributed by atoms with Gasteiger partial charge in [0.25, 0.3) is 10.0 Å². The summed E-state index contributed by atoms with van der Waals surface area (Å²) in [5.41, 5.74) is 6.44. The summed E-state index contributed by atoms with van der Waals surface area (Å²) in [5, 5.41) is 4.02. The van der Waals surface area contributed by atoms with Crippen molar-refractivity contribution in [1.29, 1.82) is 0 Å². The van der Waals surface area contributed by atoms with Gasteiger partial charge >= 0.3 is 0 Å². The minimum atomic E-state index is -3.62. The molecule has 6 nitrogen and oxygen atoms in total. The zero-order valence-electron chi connectivity index (χ0n) is 11.6. The lowest BCUT2D eigenvalue weighted by Crippen LogP contribution is -2.12. The molecule has 1 aromatic carbocycles. The first-order valence-electron chi connectivity index (χ1n) is 6.39. The van der Waals surface area contributed by atoms with Crippen molar-refractivity contribution >= 4 is 15.7 Å². The van der Waals surface area contributed by atoms with Crippen molar-refractivity contribution in [3.05, 3.63) is 42.2 Å². The average Bonchev–Trinajstić information content (AvgIpc) is 2.92. The van der Waals surface area contributed by atoms with E-state index in [1.807, 2.05) is 6.92 Å². The number of benzene rings is 1. The van der Waals surface area contributed by atoms with Crippen LogP contribution in [0.3, 0.4) is 0 Å². The highest BCUT2D eigenvalue weighted by molar-refractivity contribution is 7.92. The standard InChI is InChI=1S/C14H16N4O2S/c1-2-18-11-13(10-16-18)17-21(19,20)14-7-5-12(6-8-14)4-3-9-15/h5-8,10-11,17H,2,9,15H2,1H3.